The summed E-state index contributed by atoms with van der Waals surface area (Å²) in [7, 11) is 1.60. The molecule has 0 saturated carbocycles. The van der Waals surface area contributed by atoms with Gasteiger partial charge in [-0.3, -0.25) is 4.79 Å². The minimum absolute atomic E-state index is 0.0154. The lowest BCUT2D eigenvalue weighted by Gasteiger charge is -2.10. The highest BCUT2D eigenvalue weighted by Gasteiger charge is 2.14. The first kappa shape index (κ1) is 13.7. The van der Waals surface area contributed by atoms with E-state index in [4.69, 9.17) is 14.6 Å². The Balaban J connectivity index is 2.49. The van der Waals surface area contributed by atoms with Gasteiger partial charge in [-0.2, -0.15) is 0 Å². The van der Waals surface area contributed by atoms with Crippen molar-refractivity contribution in [1.29, 1.82) is 0 Å². The molecule has 0 heterocycles. The van der Waals surface area contributed by atoms with Crippen LogP contribution in [0, 0.1) is 5.92 Å². The highest BCUT2D eigenvalue weighted by atomic mass is 16.5. The summed E-state index contributed by atoms with van der Waals surface area (Å²) in [5, 5.41) is 8.87. The highest BCUT2D eigenvalue weighted by molar-refractivity contribution is 5.74. The lowest BCUT2D eigenvalue weighted by molar-refractivity contribution is -0.138. The largest absolute Gasteiger partial charge is 0.426 e. The van der Waals surface area contributed by atoms with Crippen LogP contribution in [0.15, 0.2) is 24.3 Å². The summed E-state index contributed by atoms with van der Waals surface area (Å²) >= 11 is 0. The fourth-order valence-corrected chi connectivity index (χ4v) is 1.29. The number of ether oxygens (including phenoxy) is 2. The lowest BCUT2D eigenvalue weighted by atomic mass is 10.1. The predicted octanol–water partition coefficient (Wildman–Crippen LogP) is 1.76. The minimum Gasteiger partial charge on any atom is -0.426 e. The Morgan fingerprint density at radius 2 is 2.00 bits per heavy atom. The van der Waals surface area contributed by atoms with Crippen molar-refractivity contribution < 1.29 is 19.4 Å². The van der Waals surface area contributed by atoms with Crippen molar-refractivity contribution in [1.82, 2.24) is 0 Å². The average molecular weight is 238 g/mol. The SMILES string of the molecule is COCCC(C)C(=O)Oc1ccc(CO)cc1. The van der Waals surface area contributed by atoms with Gasteiger partial charge < -0.3 is 14.6 Å². The molecule has 17 heavy (non-hydrogen) atoms. The molecule has 0 fully saturated rings. The minimum atomic E-state index is -0.265. The van der Waals surface area contributed by atoms with Crippen LogP contribution < -0.4 is 4.74 Å². The molecule has 0 aliphatic heterocycles. The summed E-state index contributed by atoms with van der Waals surface area (Å²) in [5.41, 5.74) is 0.789. The lowest BCUT2D eigenvalue weighted by Crippen LogP contribution is -2.19. The number of hydrogen-bond acceptors (Lipinski definition) is 4. The number of carbonyl (C=O) groups excluding carboxylic acids is 1. The van der Waals surface area contributed by atoms with Gasteiger partial charge in [-0.1, -0.05) is 19.1 Å². The van der Waals surface area contributed by atoms with E-state index in [9.17, 15) is 4.79 Å². The number of methoxy groups -OCH3 is 1. The molecule has 0 saturated heterocycles. The van der Waals surface area contributed by atoms with E-state index in [0.29, 0.717) is 18.8 Å². The predicted molar refractivity (Wildman–Crippen MR) is 63.7 cm³/mol. The molecular weight excluding hydrogens is 220 g/mol. The van der Waals surface area contributed by atoms with E-state index < -0.39 is 0 Å². The number of benzene rings is 1. The highest BCUT2D eigenvalue weighted by Crippen LogP contribution is 2.15. The molecule has 0 radical (unpaired) electrons. The Hall–Kier alpha value is -1.39. The Kier molecular flexibility index (Phi) is 5.66. The monoisotopic (exact) mass is 238 g/mol. The summed E-state index contributed by atoms with van der Waals surface area (Å²) in [6.45, 7) is 2.33. The van der Waals surface area contributed by atoms with Crippen LogP contribution in [0.2, 0.25) is 0 Å². The topological polar surface area (TPSA) is 55.8 Å². The van der Waals surface area contributed by atoms with Crippen molar-refractivity contribution in [2.24, 2.45) is 5.92 Å². The molecule has 0 spiro atoms. The molecule has 1 atom stereocenters. The summed E-state index contributed by atoms with van der Waals surface area (Å²) in [4.78, 5) is 11.6. The number of rotatable bonds is 6. The van der Waals surface area contributed by atoms with Crippen LogP contribution in [0.1, 0.15) is 18.9 Å². The van der Waals surface area contributed by atoms with Gasteiger partial charge in [-0.15, -0.1) is 0 Å². The van der Waals surface area contributed by atoms with Gasteiger partial charge in [-0.05, 0) is 24.1 Å². The van der Waals surface area contributed by atoms with E-state index in [0.717, 1.165) is 5.56 Å². The van der Waals surface area contributed by atoms with Gasteiger partial charge in [0.2, 0.25) is 0 Å². The standard InChI is InChI=1S/C13H18O4/c1-10(7-8-16-2)13(15)17-12-5-3-11(9-14)4-6-12/h3-6,10,14H,7-9H2,1-2H3. The fourth-order valence-electron chi connectivity index (χ4n) is 1.29. The normalized spacial score (nSPS) is 12.2. The van der Waals surface area contributed by atoms with Crippen molar-refractivity contribution in [3.8, 4) is 5.75 Å². The summed E-state index contributed by atoms with van der Waals surface area (Å²) in [6.07, 6.45) is 0.643. The Morgan fingerprint density at radius 1 is 1.35 bits per heavy atom. The molecule has 4 nitrogen and oxygen atoms in total. The number of esters is 1. The van der Waals surface area contributed by atoms with Crippen molar-refractivity contribution in [2.45, 2.75) is 20.0 Å². The Bertz CT molecular complexity index is 345. The van der Waals surface area contributed by atoms with Crippen LogP contribution in [0.5, 0.6) is 5.75 Å². The molecule has 0 bridgehead atoms. The van der Waals surface area contributed by atoms with Crippen LogP contribution in [0.3, 0.4) is 0 Å². The number of aliphatic hydroxyl groups excluding tert-OH is 1. The number of aliphatic hydroxyl groups is 1. The second-order valence-electron chi connectivity index (χ2n) is 3.91. The van der Waals surface area contributed by atoms with Crippen LogP contribution >= 0.6 is 0 Å². The zero-order chi connectivity index (χ0) is 12.7. The Morgan fingerprint density at radius 3 is 2.53 bits per heavy atom. The van der Waals surface area contributed by atoms with E-state index in [1.807, 2.05) is 6.92 Å². The van der Waals surface area contributed by atoms with Crippen molar-refractivity contribution in [3.05, 3.63) is 29.8 Å². The molecule has 0 amide bonds. The van der Waals surface area contributed by atoms with E-state index in [-0.39, 0.29) is 18.5 Å². The third-order valence-corrected chi connectivity index (χ3v) is 2.48. The summed E-state index contributed by atoms with van der Waals surface area (Å²) in [6, 6.07) is 6.80. The Labute approximate surface area is 101 Å². The van der Waals surface area contributed by atoms with E-state index in [2.05, 4.69) is 0 Å². The van der Waals surface area contributed by atoms with Gasteiger partial charge in [0.25, 0.3) is 0 Å². The quantitative estimate of drug-likeness (QED) is 0.606. The van der Waals surface area contributed by atoms with Gasteiger partial charge in [0.05, 0.1) is 12.5 Å². The van der Waals surface area contributed by atoms with Crippen LogP contribution in [-0.4, -0.2) is 24.8 Å². The molecule has 1 N–H and O–H groups in total. The summed E-state index contributed by atoms with van der Waals surface area (Å²) < 4.78 is 10.1. The first-order valence-corrected chi connectivity index (χ1v) is 5.57. The van der Waals surface area contributed by atoms with Gasteiger partial charge in [0.1, 0.15) is 5.75 Å². The molecule has 0 aliphatic carbocycles. The maximum atomic E-state index is 11.6. The van der Waals surface area contributed by atoms with E-state index in [1.165, 1.54) is 0 Å². The summed E-state index contributed by atoms with van der Waals surface area (Å²) in [5.74, 6) is 0.0442. The molecule has 1 unspecified atom stereocenters. The van der Waals surface area contributed by atoms with Gasteiger partial charge in [0.15, 0.2) is 0 Å². The van der Waals surface area contributed by atoms with Crippen molar-refractivity contribution >= 4 is 5.97 Å². The van der Waals surface area contributed by atoms with Crippen molar-refractivity contribution in [2.75, 3.05) is 13.7 Å². The van der Waals surface area contributed by atoms with Gasteiger partial charge in [-0.25, -0.2) is 0 Å². The number of carbonyl (C=O) groups is 1. The molecule has 1 aromatic rings. The maximum absolute atomic E-state index is 11.6. The second-order valence-corrected chi connectivity index (χ2v) is 3.91. The van der Waals surface area contributed by atoms with E-state index in [1.54, 1.807) is 31.4 Å². The zero-order valence-electron chi connectivity index (χ0n) is 10.2. The third-order valence-electron chi connectivity index (χ3n) is 2.48. The third kappa shape index (κ3) is 4.54. The van der Waals surface area contributed by atoms with Crippen LogP contribution in [0.25, 0.3) is 0 Å². The second kappa shape index (κ2) is 7.04. The smallest absolute Gasteiger partial charge is 0.314 e. The molecule has 94 valence electrons. The first-order chi connectivity index (χ1) is 8.17. The zero-order valence-corrected chi connectivity index (χ0v) is 10.2. The molecule has 1 aromatic carbocycles. The molecule has 1 rings (SSSR count). The van der Waals surface area contributed by atoms with Gasteiger partial charge in [0, 0.05) is 13.7 Å². The first-order valence-electron chi connectivity index (χ1n) is 5.57. The van der Waals surface area contributed by atoms with Gasteiger partial charge >= 0.3 is 5.97 Å². The maximum Gasteiger partial charge on any atom is 0.314 e. The average Bonchev–Trinajstić information content (AvgIpc) is 2.36. The van der Waals surface area contributed by atoms with Crippen LogP contribution in [0.4, 0.5) is 0 Å². The van der Waals surface area contributed by atoms with E-state index >= 15 is 0 Å². The fraction of sp³-hybridized carbons (Fsp3) is 0.462. The molecule has 0 aliphatic rings. The van der Waals surface area contributed by atoms with Crippen LogP contribution in [-0.2, 0) is 16.1 Å². The number of hydrogen-bond donors (Lipinski definition) is 1. The molecule has 0 aromatic heterocycles. The molecule has 4 heteroatoms. The van der Waals surface area contributed by atoms with Crippen molar-refractivity contribution in [3.63, 3.8) is 0 Å². The molecular formula is C13H18O4.